The number of fused-ring (bicyclic) bond motifs is 1. The summed E-state index contributed by atoms with van der Waals surface area (Å²) in [5, 5.41) is 14.8. The summed E-state index contributed by atoms with van der Waals surface area (Å²) in [6, 6.07) is 29.6. The zero-order chi connectivity index (χ0) is 21.9. The molecule has 0 aliphatic carbocycles. The zero-order valence-electron chi connectivity index (χ0n) is 17.3. The predicted octanol–water partition coefficient (Wildman–Crippen LogP) is 6.32. The number of halogens is 1. The molecule has 32 heavy (non-hydrogen) atoms. The van der Waals surface area contributed by atoms with Crippen molar-refractivity contribution in [3.63, 3.8) is 0 Å². The van der Waals surface area contributed by atoms with Gasteiger partial charge in [-0.25, -0.2) is 0 Å². The Hall–Kier alpha value is -3.47. The highest BCUT2D eigenvalue weighted by molar-refractivity contribution is 6.30. The van der Waals surface area contributed by atoms with Crippen molar-refractivity contribution in [2.24, 2.45) is 0 Å². The van der Waals surface area contributed by atoms with E-state index in [1.807, 2.05) is 72.8 Å². The van der Waals surface area contributed by atoms with Gasteiger partial charge in [-0.1, -0.05) is 66.2 Å². The maximum absolute atomic E-state index is 10.5. The van der Waals surface area contributed by atoms with Crippen molar-refractivity contribution in [1.82, 2.24) is 5.32 Å². The third-order valence-corrected chi connectivity index (χ3v) is 5.87. The average molecular weight is 444 g/mol. The van der Waals surface area contributed by atoms with Crippen LogP contribution in [-0.4, -0.2) is 11.9 Å². The number of phenolic OH excluding ortho intramolecular Hbond substituents is 1. The van der Waals surface area contributed by atoms with E-state index in [9.17, 15) is 5.11 Å². The Balaban J connectivity index is 1.42. The smallest absolute Gasteiger partial charge is 0.231 e. The van der Waals surface area contributed by atoms with Crippen LogP contribution in [0.3, 0.4) is 0 Å². The van der Waals surface area contributed by atoms with Gasteiger partial charge in [0.1, 0.15) is 5.75 Å². The van der Waals surface area contributed by atoms with Crippen molar-refractivity contribution in [1.29, 1.82) is 0 Å². The van der Waals surface area contributed by atoms with Gasteiger partial charge in [-0.15, -0.1) is 0 Å². The van der Waals surface area contributed by atoms with Crippen LogP contribution in [0.25, 0.3) is 11.1 Å². The monoisotopic (exact) mass is 443 g/mol. The van der Waals surface area contributed by atoms with E-state index in [1.165, 1.54) is 0 Å². The van der Waals surface area contributed by atoms with Crippen molar-refractivity contribution >= 4 is 11.6 Å². The highest BCUT2D eigenvalue weighted by Crippen LogP contribution is 2.37. The molecule has 0 radical (unpaired) electrons. The summed E-state index contributed by atoms with van der Waals surface area (Å²) in [5.41, 5.74) is 5.07. The second-order valence-corrected chi connectivity index (χ2v) is 8.12. The van der Waals surface area contributed by atoms with E-state index < -0.39 is 0 Å². The van der Waals surface area contributed by atoms with Gasteiger partial charge in [0.05, 0.1) is 6.04 Å². The van der Waals surface area contributed by atoms with E-state index >= 15 is 0 Å². The van der Waals surface area contributed by atoms with Crippen molar-refractivity contribution in [2.45, 2.75) is 12.6 Å². The number of benzene rings is 4. The van der Waals surface area contributed by atoms with E-state index in [0.29, 0.717) is 11.6 Å². The fourth-order valence-electron chi connectivity index (χ4n) is 3.92. The highest BCUT2D eigenvalue weighted by atomic mass is 35.5. The molecule has 1 atom stereocenters. The molecule has 2 N–H and O–H groups in total. The van der Waals surface area contributed by atoms with Crippen molar-refractivity contribution in [2.75, 3.05) is 6.79 Å². The molecular weight excluding hydrogens is 422 g/mol. The molecule has 5 heteroatoms. The minimum atomic E-state index is -0.0398. The Labute approximate surface area is 192 Å². The van der Waals surface area contributed by atoms with E-state index in [1.54, 1.807) is 6.07 Å². The van der Waals surface area contributed by atoms with Crippen molar-refractivity contribution in [3.05, 3.63) is 113 Å². The normalized spacial score (nSPS) is 13.2. The van der Waals surface area contributed by atoms with Gasteiger partial charge in [0.2, 0.25) is 6.79 Å². The number of aromatic hydroxyl groups is 1. The van der Waals surface area contributed by atoms with E-state index in [0.717, 1.165) is 39.3 Å². The summed E-state index contributed by atoms with van der Waals surface area (Å²) in [4.78, 5) is 0. The summed E-state index contributed by atoms with van der Waals surface area (Å²) in [7, 11) is 0. The van der Waals surface area contributed by atoms with Crippen molar-refractivity contribution < 1.29 is 14.6 Å². The largest absolute Gasteiger partial charge is 0.508 e. The lowest BCUT2D eigenvalue weighted by molar-refractivity contribution is 0.174. The van der Waals surface area contributed by atoms with Crippen molar-refractivity contribution in [3.8, 4) is 28.4 Å². The first-order valence-corrected chi connectivity index (χ1v) is 10.8. The Bertz CT molecular complexity index is 1230. The highest BCUT2D eigenvalue weighted by Gasteiger charge is 2.16. The molecule has 1 aliphatic heterocycles. The summed E-state index contributed by atoms with van der Waals surface area (Å²) in [6.07, 6.45) is 0. The number of phenols is 1. The van der Waals surface area contributed by atoms with Crippen LogP contribution in [0.15, 0.2) is 91.0 Å². The summed E-state index contributed by atoms with van der Waals surface area (Å²) >= 11 is 6.10. The van der Waals surface area contributed by atoms with E-state index in [-0.39, 0.29) is 18.6 Å². The molecular formula is C27H22ClNO3. The molecule has 160 valence electrons. The molecule has 4 aromatic carbocycles. The molecule has 1 heterocycles. The molecule has 0 saturated carbocycles. The summed E-state index contributed by atoms with van der Waals surface area (Å²) in [6.45, 7) is 0.738. The maximum atomic E-state index is 10.5. The quantitative estimate of drug-likeness (QED) is 0.366. The summed E-state index contributed by atoms with van der Waals surface area (Å²) < 4.78 is 10.9. The first-order chi connectivity index (χ1) is 15.7. The third-order valence-electron chi connectivity index (χ3n) is 5.62. The van der Waals surface area contributed by atoms with Crippen LogP contribution in [0, 0.1) is 0 Å². The Morgan fingerprint density at radius 3 is 2.28 bits per heavy atom. The van der Waals surface area contributed by atoms with Gasteiger partial charge in [-0.2, -0.15) is 0 Å². The standard InChI is InChI=1S/C27H22ClNO3/c28-23-10-6-19(7-11-23)27(18-4-2-1-3-5-18)29-16-22-14-20(8-12-24(22)30)21-9-13-25-26(15-21)32-17-31-25/h1-15,27,29-30H,16-17H2. The van der Waals surface area contributed by atoms with Gasteiger partial charge in [0.15, 0.2) is 11.5 Å². The average Bonchev–Trinajstić information content (AvgIpc) is 3.30. The summed E-state index contributed by atoms with van der Waals surface area (Å²) in [5.74, 6) is 1.75. The molecule has 0 aromatic heterocycles. The number of nitrogens with one attached hydrogen (secondary N) is 1. The molecule has 1 unspecified atom stereocenters. The lowest BCUT2D eigenvalue weighted by Gasteiger charge is -2.21. The Morgan fingerprint density at radius 2 is 1.47 bits per heavy atom. The second-order valence-electron chi connectivity index (χ2n) is 7.69. The number of hydrogen-bond donors (Lipinski definition) is 2. The van der Waals surface area contributed by atoms with E-state index in [4.69, 9.17) is 21.1 Å². The fourth-order valence-corrected chi connectivity index (χ4v) is 4.05. The number of hydrogen-bond acceptors (Lipinski definition) is 4. The molecule has 0 bridgehead atoms. The third kappa shape index (κ3) is 4.28. The minimum Gasteiger partial charge on any atom is -0.508 e. The van der Waals surface area contributed by atoms with Crippen LogP contribution < -0.4 is 14.8 Å². The molecule has 1 aliphatic rings. The topological polar surface area (TPSA) is 50.7 Å². The Kier molecular flexibility index (Phi) is 5.71. The second kappa shape index (κ2) is 8.95. The molecule has 0 fully saturated rings. The first kappa shape index (κ1) is 20.4. The van der Waals surface area contributed by atoms with Crippen LogP contribution >= 0.6 is 11.6 Å². The van der Waals surface area contributed by atoms with Gasteiger partial charge in [0, 0.05) is 17.1 Å². The Morgan fingerprint density at radius 1 is 0.781 bits per heavy atom. The lowest BCUT2D eigenvalue weighted by Crippen LogP contribution is -2.22. The molecule has 4 aromatic rings. The first-order valence-electron chi connectivity index (χ1n) is 10.4. The lowest BCUT2D eigenvalue weighted by atomic mass is 9.97. The zero-order valence-corrected chi connectivity index (χ0v) is 18.0. The van der Waals surface area contributed by atoms with Gasteiger partial charge >= 0.3 is 0 Å². The van der Waals surface area contributed by atoms with Crippen LogP contribution in [0.2, 0.25) is 5.02 Å². The van der Waals surface area contributed by atoms with Gasteiger partial charge < -0.3 is 19.9 Å². The molecule has 0 saturated heterocycles. The molecule has 4 nitrogen and oxygen atoms in total. The van der Waals surface area contributed by atoms with Crippen LogP contribution in [0.5, 0.6) is 17.2 Å². The van der Waals surface area contributed by atoms with Gasteiger partial charge in [-0.05, 0) is 58.7 Å². The minimum absolute atomic E-state index is 0.0398. The molecule has 0 spiro atoms. The SMILES string of the molecule is Oc1ccc(-c2ccc3c(c2)OCO3)cc1CNC(c1ccccc1)c1ccc(Cl)cc1. The number of ether oxygens (including phenoxy) is 2. The van der Waals surface area contributed by atoms with Crippen LogP contribution in [0.1, 0.15) is 22.7 Å². The maximum Gasteiger partial charge on any atom is 0.231 e. The number of rotatable bonds is 6. The predicted molar refractivity (Wildman–Crippen MR) is 126 cm³/mol. The van der Waals surface area contributed by atoms with Gasteiger partial charge in [-0.3, -0.25) is 0 Å². The van der Waals surface area contributed by atoms with E-state index in [2.05, 4.69) is 17.4 Å². The fraction of sp³-hybridized carbons (Fsp3) is 0.111. The van der Waals surface area contributed by atoms with Crippen LogP contribution in [0.4, 0.5) is 0 Å². The van der Waals surface area contributed by atoms with Crippen LogP contribution in [-0.2, 0) is 6.54 Å². The molecule has 0 amide bonds. The van der Waals surface area contributed by atoms with Gasteiger partial charge in [0.25, 0.3) is 0 Å². The molecule has 5 rings (SSSR count).